The Labute approximate surface area is 87.8 Å². The number of benzene rings is 1. The summed E-state index contributed by atoms with van der Waals surface area (Å²) < 4.78 is 5.12. The molecule has 2 N–H and O–H groups in total. The summed E-state index contributed by atoms with van der Waals surface area (Å²) in [7, 11) is 1.52. The smallest absolute Gasteiger partial charge is 0.181 e. The summed E-state index contributed by atoms with van der Waals surface area (Å²) >= 11 is 5.47. The molecule has 0 aromatic heterocycles. The molecule has 0 spiro atoms. The number of nitrogen functional groups attached to an aromatic ring is 1. The Morgan fingerprint density at radius 3 is 2.71 bits per heavy atom. The topological polar surface area (TPSA) is 52.3 Å². The van der Waals surface area contributed by atoms with Gasteiger partial charge in [-0.3, -0.25) is 4.79 Å². The van der Waals surface area contributed by atoms with Gasteiger partial charge < -0.3 is 10.5 Å². The molecule has 0 bridgehead atoms. The lowest BCUT2D eigenvalue weighted by molar-refractivity contribution is 0.101. The van der Waals surface area contributed by atoms with Crippen molar-refractivity contribution >= 4 is 23.1 Å². The third-order valence-electron chi connectivity index (χ3n) is 1.92. The number of hydrogen-bond acceptors (Lipinski definition) is 3. The Bertz CT molecular complexity index is 363. The lowest BCUT2D eigenvalue weighted by Crippen LogP contribution is -2.05. The molecule has 0 amide bonds. The van der Waals surface area contributed by atoms with Crippen molar-refractivity contribution in [3.05, 3.63) is 23.3 Å². The van der Waals surface area contributed by atoms with Crippen molar-refractivity contribution in [1.29, 1.82) is 0 Å². The van der Waals surface area contributed by atoms with Crippen LogP contribution < -0.4 is 10.5 Å². The van der Waals surface area contributed by atoms with E-state index in [4.69, 9.17) is 22.1 Å². The Hall–Kier alpha value is -1.22. The van der Waals surface area contributed by atoms with E-state index in [1.54, 1.807) is 12.1 Å². The number of rotatable bonds is 3. The SMILES string of the molecule is COc1c(C)cc(N)cc1C(=O)CCl. The highest BCUT2D eigenvalue weighted by atomic mass is 35.5. The largest absolute Gasteiger partial charge is 0.496 e. The summed E-state index contributed by atoms with van der Waals surface area (Å²) in [5.74, 6) is 0.294. The molecule has 0 heterocycles. The van der Waals surface area contributed by atoms with E-state index in [0.29, 0.717) is 17.0 Å². The molecule has 0 aliphatic carbocycles. The predicted octanol–water partition coefficient (Wildman–Crippen LogP) is 2.01. The maximum Gasteiger partial charge on any atom is 0.181 e. The molecule has 1 aromatic rings. The second-order valence-corrected chi connectivity index (χ2v) is 3.24. The first-order valence-corrected chi connectivity index (χ1v) is 4.67. The average molecular weight is 214 g/mol. The molecule has 3 nitrogen and oxygen atoms in total. The van der Waals surface area contributed by atoms with E-state index in [9.17, 15) is 4.79 Å². The number of halogens is 1. The molecule has 0 fully saturated rings. The number of Topliss-reactive ketones (excluding diaryl/α,β-unsaturated/α-hetero) is 1. The molecule has 14 heavy (non-hydrogen) atoms. The number of carbonyl (C=O) groups excluding carboxylic acids is 1. The van der Waals surface area contributed by atoms with Gasteiger partial charge in [-0.2, -0.15) is 0 Å². The number of carbonyl (C=O) groups is 1. The van der Waals surface area contributed by atoms with E-state index in [1.165, 1.54) is 7.11 Å². The van der Waals surface area contributed by atoms with E-state index < -0.39 is 0 Å². The van der Waals surface area contributed by atoms with E-state index in [1.807, 2.05) is 6.92 Å². The number of alkyl halides is 1. The third kappa shape index (κ3) is 1.99. The van der Waals surface area contributed by atoms with Gasteiger partial charge in [-0.1, -0.05) is 0 Å². The Kier molecular flexibility index (Phi) is 3.36. The fraction of sp³-hybridized carbons (Fsp3) is 0.300. The minimum absolute atomic E-state index is 0.0702. The standard InChI is InChI=1S/C10H12ClNO2/c1-6-3-7(12)4-8(9(13)5-11)10(6)14-2/h3-4H,5,12H2,1-2H3. The molecule has 0 atom stereocenters. The highest BCUT2D eigenvalue weighted by Gasteiger charge is 2.13. The second kappa shape index (κ2) is 4.33. The van der Waals surface area contributed by atoms with Crippen molar-refractivity contribution < 1.29 is 9.53 Å². The number of ether oxygens (including phenoxy) is 1. The second-order valence-electron chi connectivity index (χ2n) is 2.98. The summed E-state index contributed by atoms with van der Waals surface area (Å²) in [4.78, 5) is 11.4. The van der Waals surface area contributed by atoms with E-state index in [0.717, 1.165) is 5.56 Å². The van der Waals surface area contributed by atoms with Crippen LogP contribution in [-0.4, -0.2) is 18.8 Å². The molecular formula is C10H12ClNO2. The number of nitrogens with two attached hydrogens (primary N) is 1. The number of ketones is 1. The predicted molar refractivity (Wildman–Crippen MR) is 57.2 cm³/mol. The first-order valence-electron chi connectivity index (χ1n) is 4.13. The monoisotopic (exact) mass is 213 g/mol. The molecular weight excluding hydrogens is 202 g/mol. The zero-order chi connectivity index (χ0) is 10.7. The molecule has 0 saturated heterocycles. The van der Waals surface area contributed by atoms with Crippen LogP contribution in [0.15, 0.2) is 12.1 Å². The van der Waals surface area contributed by atoms with Crippen LogP contribution in [0.25, 0.3) is 0 Å². The summed E-state index contributed by atoms with van der Waals surface area (Å²) in [5, 5.41) is 0. The Morgan fingerprint density at radius 2 is 2.21 bits per heavy atom. The lowest BCUT2D eigenvalue weighted by Gasteiger charge is -2.10. The van der Waals surface area contributed by atoms with Gasteiger partial charge in [-0.25, -0.2) is 0 Å². The maximum absolute atomic E-state index is 11.4. The van der Waals surface area contributed by atoms with Gasteiger partial charge in [0.1, 0.15) is 5.75 Å². The van der Waals surface area contributed by atoms with Gasteiger partial charge in [0.15, 0.2) is 5.78 Å². The van der Waals surface area contributed by atoms with Crippen LogP contribution in [0.1, 0.15) is 15.9 Å². The molecule has 4 heteroatoms. The van der Waals surface area contributed by atoms with Crippen molar-refractivity contribution in [1.82, 2.24) is 0 Å². The molecule has 0 aliphatic rings. The van der Waals surface area contributed by atoms with Crippen LogP contribution in [-0.2, 0) is 0 Å². The number of anilines is 1. The summed E-state index contributed by atoms with van der Waals surface area (Å²) in [5.41, 5.74) is 7.44. The first-order chi connectivity index (χ1) is 6.60. The van der Waals surface area contributed by atoms with Crippen LogP contribution in [0.2, 0.25) is 0 Å². The lowest BCUT2D eigenvalue weighted by atomic mass is 10.1. The zero-order valence-electron chi connectivity index (χ0n) is 8.13. The molecule has 1 rings (SSSR count). The van der Waals surface area contributed by atoms with E-state index in [2.05, 4.69) is 0 Å². The van der Waals surface area contributed by atoms with Gasteiger partial charge in [0, 0.05) is 5.69 Å². The van der Waals surface area contributed by atoms with Gasteiger partial charge in [-0.05, 0) is 24.6 Å². The Balaban J connectivity index is 3.32. The van der Waals surface area contributed by atoms with Crippen molar-refractivity contribution in [2.45, 2.75) is 6.92 Å². The average Bonchev–Trinajstić information content (AvgIpc) is 2.15. The molecule has 76 valence electrons. The van der Waals surface area contributed by atoms with Gasteiger partial charge >= 0.3 is 0 Å². The number of hydrogen-bond donors (Lipinski definition) is 1. The van der Waals surface area contributed by atoms with Crippen molar-refractivity contribution in [3.63, 3.8) is 0 Å². The Morgan fingerprint density at radius 1 is 1.57 bits per heavy atom. The number of methoxy groups -OCH3 is 1. The quantitative estimate of drug-likeness (QED) is 0.475. The van der Waals surface area contributed by atoms with E-state index >= 15 is 0 Å². The minimum Gasteiger partial charge on any atom is -0.496 e. The fourth-order valence-electron chi connectivity index (χ4n) is 1.35. The van der Waals surface area contributed by atoms with Crippen LogP contribution >= 0.6 is 11.6 Å². The van der Waals surface area contributed by atoms with Crippen LogP contribution in [0.3, 0.4) is 0 Å². The summed E-state index contributed by atoms with van der Waals surface area (Å²) in [6.07, 6.45) is 0. The summed E-state index contributed by atoms with van der Waals surface area (Å²) in [6, 6.07) is 3.33. The third-order valence-corrected chi connectivity index (χ3v) is 2.17. The van der Waals surface area contributed by atoms with Crippen LogP contribution in [0.4, 0.5) is 5.69 Å². The van der Waals surface area contributed by atoms with E-state index in [-0.39, 0.29) is 11.7 Å². The fourth-order valence-corrected chi connectivity index (χ4v) is 1.50. The normalized spacial score (nSPS) is 9.93. The summed E-state index contributed by atoms with van der Waals surface area (Å²) in [6.45, 7) is 1.83. The van der Waals surface area contributed by atoms with Crippen LogP contribution in [0.5, 0.6) is 5.75 Å². The van der Waals surface area contributed by atoms with Crippen molar-refractivity contribution in [3.8, 4) is 5.75 Å². The van der Waals surface area contributed by atoms with Crippen LogP contribution in [0, 0.1) is 6.92 Å². The highest BCUT2D eigenvalue weighted by molar-refractivity contribution is 6.30. The maximum atomic E-state index is 11.4. The van der Waals surface area contributed by atoms with Gasteiger partial charge in [0.25, 0.3) is 0 Å². The highest BCUT2D eigenvalue weighted by Crippen LogP contribution is 2.26. The van der Waals surface area contributed by atoms with Gasteiger partial charge in [-0.15, -0.1) is 11.6 Å². The zero-order valence-corrected chi connectivity index (χ0v) is 8.89. The van der Waals surface area contributed by atoms with Gasteiger partial charge in [0.05, 0.1) is 18.6 Å². The number of aryl methyl sites for hydroxylation is 1. The molecule has 0 radical (unpaired) electrons. The van der Waals surface area contributed by atoms with Crippen molar-refractivity contribution in [2.75, 3.05) is 18.7 Å². The molecule has 0 aliphatic heterocycles. The molecule has 1 aromatic carbocycles. The molecule has 0 saturated carbocycles. The molecule has 0 unspecified atom stereocenters. The first kappa shape index (κ1) is 10.9. The minimum atomic E-state index is -0.182. The van der Waals surface area contributed by atoms with Crippen molar-refractivity contribution in [2.24, 2.45) is 0 Å². The van der Waals surface area contributed by atoms with Gasteiger partial charge in [0.2, 0.25) is 0 Å².